The van der Waals surface area contributed by atoms with Crippen LogP contribution in [0.15, 0.2) is 53.7 Å². The second-order valence-electron chi connectivity index (χ2n) is 10.7. The zero-order valence-corrected chi connectivity index (χ0v) is 29.3. The molecule has 1 aliphatic carbocycles. The van der Waals surface area contributed by atoms with Crippen LogP contribution in [0.2, 0.25) is 10.0 Å². The highest BCUT2D eigenvalue weighted by Crippen LogP contribution is 2.38. The Balaban J connectivity index is 1.69. The molecule has 48 heavy (non-hydrogen) atoms. The van der Waals surface area contributed by atoms with Crippen molar-refractivity contribution in [3.05, 3.63) is 75.2 Å². The third-order valence-electron chi connectivity index (χ3n) is 7.29. The summed E-state index contributed by atoms with van der Waals surface area (Å²) >= 11 is 14.1. The van der Waals surface area contributed by atoms with Gasteiger partial charge in [-0.1, -0.05) is 29.3 Å². The molecule has 1 aromatic heterocycles. The van der Waals surface area contributed by atoms with Gasteiger partial charge in [-0.05, 0) is 67.0 Å². The molecule has 0 unspecified atom stereocenters. The van der Waals surface area contributed by atoms with E-state index in [0.717, 1.165) is 25.2 Å². The first-order valence-corrected chi connectivity index (χ1v) is 18.2. The second-order valence-corrected chi connectivity index (χ2v) is 14.2. The molecule has 3 aromatic rings. The number of nitrogens with one attached hydrogen (secondary N) is 1. The third kappa shape index (κ3) is 10.1. The van der Waals surface area contributed by atoms with Gasteiger partial charge >= 0.3 is 12.6 Å². The summed E-state index contributed by atoms with van der Waals surface area (Å²) in [7, 11) is -1.52. The van der Waals surface area contributed by atoms with Gasteiger partial charge in [-0.15, -0.1) is 0 Å². The molecule has 2 atom stereocenters. The summed E-state index contributed by atoms with van der Waals surface area (Å²) in [5.74, 6) is -0.0219. The van der Waals surface area contributed by atoms with E-state index < -0.39 is 34.7 Å². The molecule has 0 radical (unpaired) electrons. The molecule has 0 spiro atoms. The number of methoxy groups -OCH3 is 2. The lowest BCUT2D eigenvalue weighted by Crippen LogP contribution is -2.42. The van der Waals surface area contributed by atoms with Gasteiger partial charge in [-0.3, -0.25) is 4.79 Å². The van der Waals surface area contributed by atoms with E-state index in [1.165, 1.54) is 62.4 Å². The van der Waals surface area contributed by atoms with Crippen molar-refractivity contribution in [2.75, 3.05) is 32.8 Å². The number of ether oxygens (including phenoxy) is 5. The minimum Gasteiger partial charge on any atom is -0.619 e. The maximum atomic E-state index is 13.8. The van der Waals surface area contributed by atoms with Gasteiger partial charge in [0, 0.05) is 18.1 Å². The van der Waals surface area contributed by atoms with Gasteiger partial charge in [0.05, 0.1) is 25.7 Å². The minimum atomic E-state index is -4.29. The van der Waals surface area contributed by atoms with E-state index in [1.807, 2.05) is 0 Å². The van der Waals surface area contributed by atoms with Crippen molar-refractivity contribution in [3.63, 3.8) is 0 Å². The third-order valence-corrected chi connectivity index (χ3v) is 10.1. The molecular formula is C31H34Cl2F2N2O9S2. The zero-order chi connectivity index (χ0) is 35.0. The van der Waals surface area contributed by atoms with Crippen molar-refractivity contribution in [1.82, 2.24) is 4.72 Å². The summed E-state index contributed by atoms with van der Waals surface area (Å²) in [6.45, 7) is -2.86. The van der Waals surface area contributed by atoms with Gasteiger partial charge in [0.1, 0.15) is 22.2 Å². The van der Waals surface area contributed by atoms with Crippen LogP contribution in [0.1, 0.15) is 36.5 Å². The predicted octanol–water partition coefficient (Wildman–Crippen LogP) is 5.96. The first-order valence-electron chi connectivity index (χ1n) is 14.6. The molecule has 1 fully saturated rings. The number of hydrogen-bond acceptors (Lipinski definition) is 10. The SMILES string of the molecule is COc1ccc(S(=O)(=O)N[C@H](CCSC)C(=O)O[C@@H](Cc2c(Cl)c[n+]([O-])cc2Cl)c2ccc(OC(F)F)c(OCC3CC3)c2)cc1OC. The normalized spacial score (nSPS) is 14.3. The number of pyridine rings is 1. The van der Waals surface area contributed by atoms with Crippen LogP contribution in [0.3, 0.4) is 0 Å². The molecular weight excluding hydrogens is 717 g/mol. The van der Waals surface area contributed by atoms with Gasteiger partial charge in [-0.25, -0.2) is 8.42 Å². The van der Waals surface area contributed by atoms with Crippen LogP contribution < -0.4 is 28.4 Å². The number of benzene rings is 2. The minimum absolute atomic E-state index is 0.00325. The predicted molar refractivity (Wildman–Crippen MR) is 176 cm³/mol. The number of aromatic nitrogens is 1. The Bertz CT molecular complexity index is 1680. The molecule has 0 bridgehead atoms. The largest absolute Gasteiger partial charge is 0.619 e. The molecule has 0 saturated heterocycles. The maximum Gasteiger partial charge on any atom is 0.387 e. The maximum absolute atomic E-state index is 13.8. The van der Waals surface area contributed by atoms with E-state index >= 15 is 0 Å². The highest BCUT2D eigenvalue weighted by atomic mass is 35.5. The van der Waals surface area contributed by atoms with Crippen molar-refractivity contribution in [1.29, 1.82) is 0 Å². The summed E-state index contributed by atoms with van der Waals surface area (Å²) < 4.78 is 83.0. The second kappa shape index (κ2) is 16.9. The van der Waals surface area contributed by atoms with Crippen LogP contribution in [0.4, 0.5) is 8.78 Å². The summed E-state index contributed by atoms with van der Waals surface area (Å²) in [4.78, 5) is 13.6. The molecule has 262 valence electrons. The fraction of sp³-hybridized carbons (Fsp3) is 0.419. The fourth-order valence-electron chi connectivity index (χ4n) is 4.58. The van der Waals surface area contributed by atoms with Gasteiger partial charge in [0.2, 0.25) is 10.0 Å². The summed E-state index contributed by atoms with van der Waals surface area (Å²) in [5.41, 5.74) is 0.538. The van der Waals surface area contributed by atoms with E-state index in [0.29, 0.717) is 16.2 Å². The monoisotopic (exact) mass is 750 g/mol. The number of carbonyl (C=O) groups excluding carboxylic acids is 1. The molecule has 4 rings (SSSR count). The summed E-state index contributed by atoms with van der Waals surface area (Å²) in [6.07, 6.45) is 4.51. The molecule has 1 aliphatic rings. The Morgan fingerprint density at radius 2 is 1.71 bits per heavy atom. The number of thioether (sulfide) groups is 1. The van der Waals surface area contributed by atoms with Crippen molar-refractivity contribution in [2.24, 2.45) is 5.92 Å². The van der Waals surface area contributed by atoms with Crippen molar-refractivity contribution in [2.45, 2.75) is 49.3 Å². The quantitative estimate of drug-likeness (QED) is 0.0942. The van der Waals surface area contributed by atoms with E-state index in [4.69, 9.17) is 42.1 Å². The van der Waals surface area contributed by atoms with Crippen LogP contribution in [-0.4, -0.2) is 59.9 Å². The van der Waals surface area contributed by atoms with Gasteiger partial charge in [0.15, 0.2) is 35.4 Å². The number of hydrogen-bond donors (Lipinski definition) is 1. The van der Waals surface area contributed by atoms with E-state index in [-0.39, 0.29) is 68.7 Å². The van der Waals surface area contributed by atoms with Crippen LogP contribution >= 0.6 is 35.0 Å². The standard InChI is InChI=1S/C31H34Cl2F2N2O9S2/c1-42-25-9-7-20(13-28(25)43-2)48(40,41)36-24(10-11-47-3)30(38)45-27(14-21-22(32)15-37(39)16-23(21)33)19-6-8-26(46-31(34)35)29(12-19)44-17-18-4-5-18/h6-9,12-13,15-16,18,24,27,31,36H,4-5,10-11,14,17H2,1-3H3/t24-,27+/m1/s1. The average molecular weight is 752 g/mol. The molecule has 17 heteroatoms. The Hall–Kier alpha value is -3.24. The van der Waals surface area contributed by atoms with Crippen molar-refractivity contribution < 1.29 is 50.4 Å². The van der Waals surface area contributed by atoms with Gasteiger partial charge < -0.3 is 28.9 Å². The number of nitrogens with zero attached hydrogens (tertiary/aromatic N) is 1. The van der Waals surface area contributed by atoms with Gasteiger partial charge in [-0.2, -0.15) is 30.0 Å². The number of carbonyl (C=O) groups is 1. The molecule has 11 nitrogen and oxygen atoms in total. The van der Waals surface area contributed by atoms with Crippen molar-refractivity contribution >= 4 is 51.0 Å². The van der Waals surface area contributed by atoms with Crippen LogP contribution in [0.5, 0.6) is 23.0 Å². The Kier molecular flexibility index (Phi) is 13.2. The van der Waals surface area contributed by atoms with Gasteiger partial charge in [0.25, 0.3) is 0 Å². The lowest BCUT2D eigenvalue weighted by molar-refractivity contribution is -0.605. The van der Waals surface area contributed by atoms with Crippen LogP contribution in [0.25, 0.3) is 0 Å². The summed E-state index contributed by atoms with van der Waals surface area (Å²) in [6, 6.07) is 6.70. The summed E-state index contributed by atoms with van der Waals surface area (Å²) in [5, 5.41) is 11.9. The fourth-order valence-corrected chi connectivity index (χ4v) is 6.89. The molecule has 2 aromatic carbocycles. The van der Waals surface area contributed by atoms with Crippen LogP contribution in [0, 0.1) is 11.1 Å². The first-order chi connectivity index (χ1) is 22.8. The molecule has 1 saturated carbocycles. The van der Waals surface area contributed by atoms with Crippen molar-refractivity contribution in [3.8, 4) is 23.0 Å². The molecule has 1 heterocycles. The zero-order valence-electron chi connectivity index (χ0n) is 26.1. The smallest absolute Gasteiger partial charge is 0.387 e. The number of alkyl halides is 2. The Morgan fingerprint density at radius 1 is 1.04 bits per heavy atom. The Morgan fingerprint density at radius 3 is 2.31 bits per heavy atom. The lowest BCUT2D eigenvalue weighted by Gasteiger charge is -2.24. The molecule has 1 N–H and O–H groups in total. The molecule has 0 amide bonds. The number of sulfonamides is 1. The highest BCUT2D eigenvalue weighted by Gasteiger charge is 2.32. The number of esters is 1. The number of rotatable bonds is 18. The van der Waals surface area contributed by atoms with E-state index in [9.17, 15) is 27.2 Å². The lowest BCUT2D eigenvalue weighted by atomic mass is 10.0. The van der Waals surface area contributed by atoms with E-state index in [1.54, 1.807) is 6.26 Å². The molecule has 0 aliphatic heterocycles. The first kappa shape index (κ1) is 37.6. The highest BCUT2D eigenvalue weighted by molar-refractivity contribution is 7.98. The van der Waals surface area contributed by atoms with E-state index in [2.05, 4.69) is 9.46 Å². The van der Waals surface area contributed by atoms with Crippen LogP contribution in [-0.2, 0) is 26.0 Å². The topological polar surface area (TPSA) is 136 Å². The average Bonchev–Trinajstić information content (AvgIpc) is 3.87. The Labute approximate surface area is 291 Å². The number of halogens is 4.